The van der Waals surface area contributed by atoms with Crippen LogP contribution in [-0.4, -0.2) is 19.3 Å². The molecule has 2 aromatic carbocycles. The number of nitrogens with zero attached hydrogens (tertiary/aromatic N) is 4. The van der Waals surface area contributed by atoms with Crippen molar-refractivity contribution in [1.82, 2.24) is 19.3 Å². The number of fused-ring (bicyclic) bond motifs is 1. The lowest BCUT2D eigenvalue weighted by Gasteiger charge is -2.10. The summed E-state index contributed by atoms with van der Waals surface area (Å²) in [5.41, 5.74) is 5.19. The topological polar surface area (TPSA) is 35.6 Å². The maximum absolute atomic E-state index is 6.34. The van der Waals surface area contributed by atoms with Gasteiger partial charge in [0.1, 0.15) is 5.82 Å². The van der Waals surface area contributed by atoms with E-state index in [0.717, 1.165) is 33.5 Å². The number of imidazole rings is 1. The molecule has 25 heavy (non-hydrogen) atoms. The molecule has 126 valence electrons. The standard InChI is InChI=1S/C19H16Cl2N4/c1-12-23-18-6-3-13(15-9-22-24(2)10-15)8-19(18)25(12)11-14-7-16(20)4-5-17(14)21/h3-10H,11H2,1-2H3. The molecule has 2 aromatic heterocycles. The van der Waals surface area contributed by atoms with Crippen LogP contribution in [0.1, 0.15) is 11.4 Å². The number of hydrogen-bond acceptors (Lipinski definition) is 2. The lowest BCUT2D eigenvalue weighted by atomic mass is 10.1. The van der Waals surface area contributed by atoms with Crippen molar-refractivity contribution in [3.8, 4) is 11.1 Å². The van der Waals surface area contributed by atoms with Crippen molar-refractivity contribution in [2.24, 2.45) is 7.05 Å². The second-order valence-electron chi connectivity index (χ2n) is 6.09. The van der Waals surface area contributed by atoms with Crippen molar-refractivity contribution in [1.29, 1.82) is 0 Å². The van der Waals surface area contributed by atoms with Crippen LogP contribution in [0.5, 0.6) is 0 Å². The fraction of sp³-hybridized carbons (Fsp3) is 0.158. The molecule has 4 nitrogen and oxygen atoms in total. The second kappa shape index (κ2) is 6.21. The minimum atomic E-state index is 0.623. The minimum absolute atomic E-state index is 0.623. The third kappa shape index (κ3) is 3.03. The normalized spacial score (nSPS) is 11.4. The maximum Gasteiger partial charge on any atom is 0.107 e. The number of aryl methyl sites for hydroxylation is 2. The maximum atomic E-state index is 6.34. The van der Waals surface area contributed by atoms with Gasteiger partial charge in [-0.15, -0.1) is 0 Å². The smallest absolute Gasteiger partial charge is 0.107 e. The van der Waals surface area contributed by atoms with Gasteiger partial charge in [0, 0.05) is 28.9 Å². The zero-order valence-electron chi connectivity index (χ0n) is 13.9. The fourth-order valence-electron chi connectivity index (χ4n) is 3.03. The van der Waals surface area contributed by atoms with E-state index in [1.165, 1.54) is 0 Å². The molecule has 0 aliphatic heterocycles. The Bertz CT molecular complexity index is 1080. The molecule has 0 N–H and O–H groups in total. The first-order valence-corrected chi connectivity index (χ1v) is 8.67. The molecule has 0 saturated carbocycles. The highest BCUT2D eigenvalue weighted by molar-refractivity contribution is 6.33. The Kier molecular flexibility index (Phi) is 4.02. The van der Waals surface area contributed by atoms with Crippen LogP contribution in [0, 0.1) is 6.92 Å². The Morgan fingerprint density at radius 1 is 1.04 bits per heavy atom. The monoisotopic (exact) mass is 370 g/mol. The third-order valence-corrected chi connectivity index (χ3v) is 4.92. The minimum Gasteiger partial charge on any atom is -0.324 e. The van der Waals surface area contributed by atoms with E-state index in [-0.39, 0.29) is 0 Å². The van der Waals surface area contributed by atoms with Crippen LogP contribution in [0.25, 0.3) is 22.2 Å². The number of hydrogen-bond donors (Lipinski definition) is 0. The third-order valence-electron chi connectivity index (χ3n) is 4.31. The molecule has 0 spiro atoms. The van der Waals surface area contributed by atoms with Gasteiger partial charge in [0.2, 0.25) is 0 Å². The molecular weight excluding hydrogens is 355 g/mol. The van der Waals surface area contributed by atoms with Gasteiger partial charge in [-0.25, -0.2) is 4.98 Å². The van der Waals surface area contributed by atoms with Gasteiger partial charge in [0.05, 0.1) is 23.8 Å². The Morgan fingerprint density at radius 2 is 1.88 bits per heavy atom. The highest BCUT2D eigenvalue weighted by atomic mass is 35.5. The van der Waals surface area contributed by atoms with Crippen LogP contribution in [0.3, 0.4) is 0 Å². The van der Waals surface area contributed by atoms with E-state index < -0.39 is 0 Å². The Hall–Kier alpha value is -2.30. The van der Waals surface area contributed by atoms with E-state index in [1.807, 2.05) is 44.6 Å². The summed E-state index contributed by atoms with van der Waals surface area (Å²) in [5, 5.41) is 5.63. The zero-order valence-corrected chi connectivity index (χ0v) is 15.4. The van der Waals surface area contributed by atoms with Crippen molar-refractivity contribution in [3.05, 3.63) is 70.2 Å². The van der Waals surface area contributed by atoms with Crippen molar-refractivity contribution in [2.45, 2.75) is 13.5 Å². The molecule has 0 bridgehead atoms. The molecule has 0 unspecified atom stereocenters. The van der Waals surface area contributed by atoms with Crippen LogP contribution >= 0.6 is 23.2 Å². The summed E-state index contributed by atoms with van der Waals surface area (Å²) in [5.74, 6) is 0.939. The number of rotatable bonds is 3. The zero-order chi connectivity index (χ0) is 17.6. The number of benzene rings is 2. The van der Waals surface area contributed by atoms with Gasteiger partial charge < -0.3 is 4.57 Å². The molecule has 0 aliphatic rings. The van der Waals surface area contributed by atoms with Gasteiger partial charge in [-0.1, -0.05) is 29.3 Å². The summed E-state index contributed by atoms with van der Waals surface area (Å²) in [4.78, 5) is 4.67. The average molecular weight is 371 g/mol. The van der Waals surface area contributed by atoms with Gasteiger partial charge in [-0.3, -0.25) is 4.68 Å². The first-order valence-electron chi connectivity index (χ1n) is 7.91. The van der Waals surface area contributed by atoms with Crippen molar-refractivity contribution < 1.29 is 0 Å². The summed E-state index contributed by atoms with van der Waals surface area (Å²) in [6.45, 7) is 2.63. The summed E-state index contributed by atoms with van der Waals surface area (Å²) < 4.78 is 3.96. The number of aromatic nitrogens is 4. The van der Waals surface area contributed by atoms with E-state index >= 15 is 0 Å². The quantitative estimate of drug-likeness (QED) is 0.502. The lowest BCUT2D eigenvalue weighted by molar-refractivity contribution is 0.768. The van der Waals surface area contributed by atoms with E-state index in [0.29, 0.717) is 16.6 Å². The van der Waals surface area contributed by atoms with Crippen LogP contribution < -0.4 is 0 Å². The summed E-state index contributed by atoms with van der Waals surface area (Å²) in [6.07, 6.45) is 3.87. The molecule has 4 rings (SSSR count). The highest BCUT2D eigenvalue weighted by Crippen LogP contribution is 2.27. The summed E-state index contributed by atoms with van der Waals surface area (Å²) in [6, 6.07) is 11.8. The van der Waals surface area contributed by atoms with Gasteiger partial charge >= 0.3 is 0 Å². The van der Waals surface area contributed by atoms with Crippen LogP contribution in [0.4, 0.5) is 0 Å². The molecule has 0 saturated heterocycles. The van der Waals surface area contributed by atoms with Crippen molar-refractivity contribution in [2.75, 3.05) is 0 Å². The van der Waals surface area contributed by atoms with E-state index in [4.69, 9.17) is 23.2 Å². The summed E-state index contributed by atoms with van der Waals surface area (Å²) in [7, 11) is 1.91. The fourth-order valence-corrected chi connectivity index (χ4v) is 3.40. The van der Waals surface area contributed by atoms with E-state index in [2.05, 4.69) is 26.8 Å². The Balaban J connectivity index is 1.82. The molecule has 0 fully saturated rings. The Labute approximate surface area is 155 Å². The molecule has 0 radical (unpaired) electrons. The van der Waals surface area contributed by atoms with Gasteiger partial charge in [-0.05, 0) is 48.4 Å². The van der Waals surface area contributed by atoms with Crippen molar-refractivity contribution in [3.63, 3.8) is 0 Å². The first-order chi connectivity index (χ1) is 12.0. The van der Waals surface area contributed by atoms with Crippen LogP contribution in [0.2, 0.25) is 10.0 Å². The first kappa shape index (κ1) is 16.2. The van der Waals surface area contributed by atoms with Crippen molar-refractivity contribution >= 4 is 34.2 Å². The van der Waals surface area contributed by atoms with E-state index in [1.54, 1.807) is 10.7 Å². The summed E-state index contributed by atoms with van der Waals surface area (Å²) >= 11 is 12.5. The predicted octanol–water partition coefficient (Wildman–Crippen LogP) is 5.10. The van der Waals surface area contributed by atoms with Gasteiger partial charge in [0.15, 0.2) is 0 Å². The largest absolute Gasteiger partial charge is 0.324 e. The molecule has 6 heteroatoms. The number of halogens is 2. The van der Waals surface area contributed by atoms with Crippen LogP contribution in [-0.2, 0) is 13.6 Å². The lowest BCUT2D eigenvalue weighted by Crippen LogP contribution is -2.02. The predicted molar refractivity (Wildman–Crippen MR) is 102 cm³/mol. The van der Waals surface area contributed by atoms with Gasteiger partial charge in [-0.2, -0.15) is 5.10 Å². The van der Waals surface area contributed by atoms with E-state index in [9.17, 15) is 0 Å². The molecule has 2 heterocycles. The average Bonchev–Trinajstić information content (AvgIpc) is 3.14. The molecule has 0 aliphatic carbocycles. The molecule has 0 amide bonds. The SMILES string of the molecule is Cc1nc2ccc(-c3cnn(C)c3)cc2n1Cc1cc(Cl)ccc1Cl. The second-order valence-corrected chi connectivity index (χ2v) is 6.93. The van der Waals surface area contributed by atoms with Crippen LogP contribution in [0.15, 0.2) is 48.8 Å². The Morgan fingerprint density at radius 3 is 2.64 bits per heavy atom. The molecule has 4 aromatic rings. The highest BCUT2D eigenvalue weighted by Gasteiger charge is 2.12. The van der Waals surface area contributed by atoms with Gasteiger partial charge in [0.25, 0.3) is 0 Å². The molecule has 0 atom stereocenters. The molecular formula is C19H16Cl2N4.